The third kappa shape index (κ3) is 4.97. The quantitative estimate of drug-likeness (QED) is 0.777. The van der Waals surface area contributed by atoms with Crippen molar-refractivity contribution in [1.82, 2.24) is 4.90 Å². The van der Waals surface area contributed by atoms with Crippen molar-refractivity contribution in [2.24, 2.45) is 5.73 Å². The summed E-state index contributed by atoms with van der Waals surface area (Å²) in [5.74, 6) is 0.571. The number of halogens is 1. The Morgan fingerprint density at radius 3 is 2.60 bits per heavy atom. The zero-order chi connectivity index (χ0) is 17.6. The molecule has 4 nitrogen and oxygen atoms in total. The van der Waals surface area contributed by atoms with Crippen molar-refractivity contribution in [3.63, 3.8) is 0 Å². The van der Waals surface area contributed by atoms with E-state index in [2.05, 4.69) is 16.3 Å². The molecule has 0 unspecified atom stereocenters. The summed E-state index contributed by atoms with van der Waals surface area (Å²) in [6, 6.07) is 13.7. The third-order valence-electron chi connectivity index (χ3n) is 4.60. The Morgan fingerprint density at radius 2 is 1.92 bits per heavy atom. The lowest BCUT2D eigenvalue weighted by Gasteiger charge is -2.32. The Labute approximate surface area is 147 Å². The van der Waals surface area contributed by atoms with Gasteiger partial charge in [-0.25, -0.2) is 4.39 Å². The standard InChI is InChI=1S/C20H24FN3O/c21-17-4-6-19(7-5-17)23-13-18(22)14-24-10-8-15(9-11-24)16-2-1-3-20(25)12-16/h1-7,12-13,15,23,25H,8-11,14,22H2/b18-13-. The smallest absolute Gasteiger partial charge is 0.123 e. The van der Waals surface area contributed by atoms with Crippen molar-refractivity contribution in [1.29, 1.82) is 0 Å². The van der Waals surface area contributed by atoms with Crippen LogP contribution in [0, 0.1) is 5.82 Å². The zero-order valence-corrected chi connectivity index (χ0v) is 14.2. The van der Waals surface area contributed by atoms with Gasteiger partial charge in [-0.2, -0.15) is 0 Å². The zero-order valence-electron chi connectivity index (χ0n) is 14.2. The molecule has 3 rings (SSSR count). The van der Waals surface area contributed by atoms with Gasteiger partial charge in [0.15, 0.2) is 0 Å². The Morgan fingerprint density at radius 1 is 1.20 bits per heavy atom. The van der Waals surface area contributed by atoms with Crippen LogP contribution in [0.25, 0.3) is 0 Å². The fraction of sp³-hybridized carbons (Fsp3) is 0.300. The summed E-state index contributed by atoms with van der Waals surface area (Å²) < 4.78 is 12.9. The molecule has 0 radical (unpaired) electrons. The van der Waals surface area contributed by atoms with Crippen molar-refractivity contribution in [3.05, 3.63) is 71.8 Å². The van der Waals surface area contributed by atoms with Crippen LogP contribution in [0.1, 0.15) is 24.3 Å². The van der Waals surface area contributed by atoms with Crippen molar-refractivity contribution in [2.75, 3.05) is 25.0 Å². The van der Waals surface area contributed by atoms with E-state index in [1.807, 2.05) is 12.1 Å². The second-order valence-corrected chi connectivity index (χ2v) is 6.52. The van der Waals surface area contributed by atoms with Gasteiger partial charge in [-0.15, -0.1) is 0 Å². The van der Waals surface area contributed by atoms with Crippen molar-refractivity contribution < 1.29 is 9.50 Å². The first-order valence-corrected chi connectivity index (χ1v) is 8.58. The maximum absolute atomic E-state index is 12.9. The fourth-order valence-electron chi connectivity index (χ4n) is 3.23. The van der Waals surface area contributed by atoms with Crippen LogP contribution in [0.3, 0.4) is 0 Å². The average molecular weight is 341 g/mol. The van der Waals surface area contributed by atoms with Gasteiger partial charge in [-0.05, 0) is 73.8 Å². The first-order chi connectivity index (χ1) is 12.1. The molecule has 1 aliphatic heterocycles. The average Bonchev–Trinajstić information content (AvgIpc) is 2.62. The summed E-state index contributed by atoms with van der Waals surface area (Å²) in [7, 11) is 0. The lowest BCUT2D eigenvalue weighted by atomic mass is 9.89. The predicted molar refractivity (Wildman–Crippen MR) is 98.8 cm³/mol. The van der Waals surface area contributed by atoms with Crippen LogP contribution in [0.2, 0.25) is 0 Å². The molecule has 0 spiro atoms. The second kappa shape index (κ2) is 8.03. The van der Waals surface area contributed by atoms with E-state index in [0.717, 1.165) is 37.3 Å². The lowest BCUT2D eigenvalue weighted by Crippen LogP contribution is -2.35. The molecule has 0 saturated carbocycles. The molecule has 1 heterocycles. The molecule has 0 aliphatic carbocycles. The summed E-state index contributed by atoms with van der Waals surface area (Å²) in [6.07, 6.45) is 3.89. The highest BCUT2D eigenvalue weighted by Crippen LogP contribution is 2.29. The highest BCUT2D eigenvalue weighted by Gasteiger charge is 2.20. The number of hydrogen-bond donors (Lipinski definition) is 3. The van der Waals surface area contributed by atoms with Gasteiger partial charge in [-0.1, -0.05) is 12.1 Å². The van der Waals surface area contributed by atoms with Crippen molar-refractivity contribution >= 4 is 5.69 Å². The Kier molecular flexibility index (Phi) is 5.56. The molecule has 25 heavy (non-hydrogen) atoms. The second-order valence-electron chi connectivity index (χ2n) is 6.52. The molecule has 0 atom stereocenters. The first-order valence-electron chi connectivity index (χ1n) is 8.58. The van der Waals surface area contributed by atoms with Crippen molar-refractivity contribution in [2.45, 2.75) is 18.8 Å². The van der Waals surface area contributed by atoms with Gasteiger partial charge < -0.3 is 16.2 Å². The SMILES string of the molecule is N/C(=C\Nc1ccc(F)cc1)CN1CCC(c2cccc(O)c2)CC1. The predicted octanol–water partition coefficient (Wildman–Crippen LogP) is 3.62. The highest BCUT2D eigenvalue weighted by molar-refractivity contribution is 5.45. The van der Waals surface area contributed by atoms with E-state index in [9.17, 15) is 9.50 Å². The first kappa shape index (κ1) is 17.3. The van der Waals surface area contributed by atoms with Crippen LogP contribution in [0.15, 0.2) is 60.4 Å². The summed E-state index contributed by atoms with van der Waals surface area (Å²) >= 11 is 0. The summed E-state index contributed by atoms with van der Waals surface area (Å²) in [4.78, 5) is 2.33. The van der Waals surface area contributed by atoms with Crippen LogP contribution < -0.4 is 11.1 Å². The Hall–Kier alpha value is -2.53. The monoisotopic (exact) mass is 341 g/mol. The number of phenols is 1. The number of aromatic hydroxyl groups is 1. The number of benzene rings is 2. The van der Waals surface area contributed by atoms with E-state index in [1.165, 1.54) is 17.7 Å². The number of anilines is 1. The summed E-state index contributed by atoms with van der Waals surface area (Å²) in [6.45, 7) is 2.66. The van der Waals surface area contributed by atoms with Crippen molar-refractivity contribution in [3.8, 4) is 5.75 Å². The number of nitrogens with two attached hydrogens (primary N) is 1. The fourth-order valence-corrected chi connectivity index (χ4v) is 3.23. The van der Waals surface area contributed by atoms with Crippen LogP contribution in [-0.4, -0.2) is 29.6 Å². The minimum atomic E-state index is -0.253. The third-order valence-corrected chi connectivity index (χ3v) is 4.60. The number of nitrogens with one attached hydrogen (secondary N) is 1. The number of hydrogen-bond acceptors (Lipinski definition) is 4. The van der Waals surface area contributed by atoms with Gasteiger partial charge in [0, 0.05) is 24.1 Å². The molecule has 132 valence electrons. The molecular weight excluding hydrogens is 317 g/mol. The van der Waals surface area contributed by atoms with Gasteiger partial charge >= 0.3 is 0 Å². The van der Waals surface area contributed by atoms with E-state index in [-0.39, 0.29) is 5.82 Å². The van der Waals surface area contributed by atoms with E-state index in [4.69, 9.17) is 5.73 Å². The van der Waals surface area contributed by atoms with Gasteiger partial charge in [0.2, 0.25) is 0 Å². The largest absolute Gasteiger partial charge is 0.508 e. The highest BCUT2D eigenvalue weighted by atomic mass is 19.1. The molecule has 1 aliphatic rings. The number of likely N-dealkylation sites (tertiary alicyclic amines) is 1. The van der Waals surface area contributed by atoms with E-state index in [1.54, 1.807) is 24.4 Å². The molecule has 0 amide bonds. The minimum absolute atomic E-state index is 0.253. The Balaban J connectivity index is 1.48. The van der Waals surface area contributed by atoms with E-state index >= 15 is 0 Å². The number of piperidine rings is 1. The van der Waals surface area contributed by atoms with Crippen LogP contribution in [-0.2, 0) is 0 Å². The molecular formula is C20H24FN3O. The van der Waals surface area contributed by atoms with Crippen LogP contribution in [0.5, 0.6) is 5.75 Å². The number of rotatable bonds is 5. The molecule has 0 aromatic heterocycles. The van der Waals surface area contributed by atoms with Gasteiger partial charge in [0.25, 0.3) is 0 Å². The molecule has 1 saturated heterocycles. The van der Waals surface area contributed by atoms with E-state index < -0.39 is 0 Å². The molecule has 5 heteroatoms. The normalized spacial score (nSPS) is 16.8. The minimum Gasteiger partial charge on any atom is -0.508 e. The molecule has 2 aromatic carbocycles. The number of phenolic OH excluding ortho intramolecular Hbond substituents is 1. The molecule has 2 aromatic rings. The topological polar surface area (TPSA) is 61.5 Å². The maximum atomic E-state index is 12.9. The number of nitrogens with zero attached hydrogens (tertiary/aromatic N) is 1. The molecule has 4 N–H and O–H groups in total. The Bertz CT molecular complexity index is 722. The molecule has 1 fully saturated rings. The van der Waals surface area contributed by atoms with Crippen LogP contribution in [0.4, 0.5) is 10.1 Å². The van der Waals surface area contributed by atoms with Gasteiger partial charge in [-0.3, -0.25) is 4.90 Å². The van der Waals surface area contributed by atoms with Gasteiger partial charge in [0.1, 0.15) is 11.6 Å². The lowest BCUT2D eigenvalue weighted by molar-refractivity contribution is 0.227. The van der Waals surface area contributed by atoms with Gasteiger partial charge in [0.05, 0.1) is 0 Å². The maximum Gasteiger partial charge on any atom is 0.123 e. The summed E-state index contributed by atoms with van der Waals surface area (Å²) in [5.41, 5.74) is 8.87. The van der Waals surface area contributed by atoms with Crippen LogP contribution >= 0.6 is 0 Å². The van der Waals surface area contributed by atoms with E-state index in [0.29, 0.717) is 18.2 Å². The molecule has 0 bridgehead atoms. The summed E-state index contributed by atoms with van der Waals surface area (Å²) in [5, 5.41) is 12.7.